The van der Waals surface area contributed by atoms with Crippen LogP contribution >= 0.6 is 15.9 Å². The Bertz CT molecular complexity index is 504. The first kappa shape index (κ1) is 12.9. The number of hydrogen-bond acceptors (Lipinski definition) is 3. The number of imidazole rings is 1. The summed E-state index contributed by atoms with van der Waals surface area (Å²) in [5, 5.41) is 2.90. The number of nitrogens with one attached hydrogen (secondary N) is 2. The molecule has 0 bridgehead atoms. The van der Waals surface area contributed by atoms with Gasteiger partial charge in [0.05, 0.1) is 6.20 Å². The highest BCUT2D eigenvalue weighted by molar-refractivity contribution is 9.11. The number of nitrogens with zero attached hydrogens (tertiary/aromatic N) is 1. The van der Waals surface area contributed by atoms with Gasteiger partial charge in [0.2, 0.25) is 5.91 Å². The number of carbonyl (C=O) groups is 1. The van der Waals surface area contributed by atoms with Crippen molar-refractivity contribution in [2.24, 2.45) is 0 Å². The van der Waals surface area contributed by atoms with Gasteiger partial charge in [-0.3, -0.25) is 4.79 Å². The van der Waals surface area contributed by atoms with Crippen LogP contribution in [0, 0.1) is 0 Å². The van der Waals surface area contributed by atoms with Gasteiger partial charge in [0.25, 0.3) is 0 Å². The van der Waals surface area contributed by atoms with Gasteiger partial charge in [0.1, 0.15) is 0 Å². The molecule has 4 N–H and O–H groups in total. The standard InChI is InChI=1S/C12H15BrN4O/c13-9-4-3-8(6-9)11(18)15-5-1-2-10-7-16-12(14)17-10/h4,6-7H,1-3,5H2,(H,15,18)(H3,14,16,17). The van der Waals surface area contributed by atoms with Crippen LogP contribution in [0.1, 0.15) is 18.5 Å². The van der Waals surface area contributed by atoms with Crippen LogP contribution in [-0.4, -0.2) is 22.4 Å². The van der Waals surface area contributed by atoms with Gasteiger partial charge in [-0.25, -0.2) is 4.98 Å². The average Bonchev–Trinajstić information content (AvgIpc) is 2.93. The van der Waals surface area contributed by atoms with Crippen molar-refractivity contribution in [2.45, 2.75) is 19.3 Å². The fourth-order valence-electron chi connectivity index (χ4n) is 1.75. The largest absolute Gasteiger partial charge is 0.369 e. The van der Waals surface area contributed by atoms with E-state index in [0.29, 0.717) is 18.9 Å². The van der Waals surface area contributed by atoms with Crippen molar-refractivity contribution in [3.05, 3.63) is 34.1 Å². The summed E-state index contributed by atoms with van der Waals surface area (Å²) in [5.41, 5.74) is 7.26. The van der Waals surface area contributed by atoms with Crippen LogP contribution in [0.2, 0.25) is 0 Å². The molecule has 0 fully saturated rings. The summed E-state index contributed by atoms with van der Waals surface area (Å²) in [4.78, 5) is 18.6. The van der Waals surface area contributed by atoms with Crippen molar-refractivity contribution < 1.29 is 4.79 Å². The molecule has 0 atom stereocenters. The molecule has 18 heavy (non-hydrogen) atoms. The molecule has 1 aliphatic rings. The number of anilines is 1. The first-order valence-electron chi connectivity index (χ1n) is 5.79. The third kappa shape index (κ3) is 3.46. The Morgan fingerprint density at radius 2 is 2.44 bits per heavy atom. The number of hydrogen-bond donors (Lipinski definition) is 3. The molecule has 2 rings (SSSR count). The number of aromatic amines is 1. The van der Waals surface area contributed by atoms with Crippen molar-refractivity contribution in [1.82, 2.24) is 15.3 Å². The molecule has 0 saturated heterocycles. The summed E-state index contributed by atoms with van der Waals surface area (Å²) < 4.78 is 0.973. The van der Waals surface area contributed by atoms with Gasteiger partial charge in [-0.15, -0.1) is 0 Å². The molecule has 0 aliphatic heterocycles. The Morgan fingerprint density at radius 3 is 3.06 bits per heavy atom. The third-order valence-corrected chi connectivity index (χ3v) is 3.23. The molecule has 6 heteroatoms. The van der Waals surface area contributed by atoms with E-state index in [1.807, 2.05) is 12.2 Å². The molecule has 0 unspecified atom stereocenters. The molecule has 0 aromatic carbocycles. The number of allylic oxidation sites excluding steroid dienone is 3. The van der Waals surface area contributed by atoms with Crippen LogP contribution in [0.25, 0.3) is 0 Å². The van der Waals surface area contributed by atoms with Crippen LogP contribution in [0.5, 0.6) is 0 Å². The van der Waals surface area contributed by atoms with Gasteiger partial charge in [0, 0.05) is 22.3 Å². The number of nitrogens with two attached hydrogens (primary N) is 1. The summed E-state index contributed by atoms with van der Waals surface area (Å²) in [5.74, 6) is 0.436. The lowest BCUT2D eigenvalue weighted by Crippen LogP contribution is -2.25. The highest BCUT2D eigenvalue weighted by Gasteiger charge is 2.12. The van der Waals surface area contributed by atoms with Crippen molar-refractivity contribution in [3.8, 4) is 0 Å². The summed E-state index contributed by atoms with van der Waals surface area (Å²) in [6.07, 6.45) is 7.93. The number of amides is 1. The normalized spacial score (nSPS) is 14.3. The number of carbonyl (C=O) groups excluding carboxylic acids is 1. The first-order chi connectivity index (χ1) is 8.65. The maximum atomic E-state index is 11.7. The topological polar surface area (TPSA) is 83.8 Å². The molecule has 96 valence electrons. The Balaban J connectivity index is 1.67. The minimum Gasteiger partial charge on any atom is -0.369 e. The van der Waals surface area contributed by atoms with Crippen LogP contribution in [0.4, 0.5) is 5.95 Å². The molecule has 1 heterocycles. The summed E-state index contributed by atoms with van der Waals surface area (Å²) in [6, 6.07) is 0. The Hall–Kier alpha value is -1.56. The van der Waals surface area contributed by atoms with E-state index >= 15 is 0 Å². The lowest BCUT2D eigenvalue weighted by molar-refractivity contribution is -0.117. The first-order valence-corrected chi connectivity index (χ1v) is 6.58. The third-order valence-electron chi connectivity index (χ3n) is 2.68. The molecule has 5 nitrogen and oxygen atoms in total. The number of H-pyrrole nitrogens is 1. The van der Waals surface area contributed by atoms with E-state index in [2.05, 4.69) is 31.2 Å². The quantitative estimate of drug-likeness (QED) is 0.723. The van der Waals surface area contributed by atoms with E-state index in [9.17, 15) is 4.79 Å². The van der Waals surface area contributed by atoms with Crippen molar-refractivity contribution >= 4 is 27.8 Å². The molecular formula is C12H15BrN4O. The highest BCUT2D eigenvalue weighted by atomic mass is 79.9. The van der Waals surface area contributed by atoms with Crippen molar-refractivity contribution in [1.29, 1.82) is 0 Å². The van der Waals surface area contributed by atoms with Gasteiger partial charge < -0.3 is 16.0 Å². The number of halogens is 1. The zero-order valence-electron chi connectivity index (χ0n) is 9.87. The summed E-state index contributed by atoms with van der Waals surface area (Å²) >= 11 is 3.34. The predicted molar refractivity (Wildman–Crippen MR) is 74.0 cm³/mol. The van der Waals surface area contributed by atoms with Gasteiger partial charge in [0.15, 0.2) is 5.95 Å². The number of aryl methyl sites for hydroxylation is 1. The van der Waals surface area contributed by atoms with Crippen LogP contribution in [0.3, 0.4) is 0 Å². The minimum atomic E-state index is 0.00447. The molecule has 1 amide bonds. The molecule has 0 saturated carbocycles. The van der Waals surface area contributed by atoms with Gasteiger partial charge >= 0.3 is 0 Å². The van der Waals surface area contributed by atoms with E-state index in [1.54, 1.807) is 6.20 Å². The second-order valence-corrected chi connectivity index (χ2v) is 5.03. The predicted octanol–water partition coefficient (Wildman–Crippen LogP) is 1.65. The molecule has 0 spiro atoms. The van der Waals surface area contributed by atoms with E-state index in [-0.39, 0.29) is 5.91 Å². The second-order valence-electron chi connectivity index (χ2n) is 4.12. The van der Waals surface area contributed by atoms with E-state index in [1.165, 1.54) is 0 Å². The average molecular weight is 311 g/mol. The lowest BCUT2D eigenvalue weighted by Gasteiger charge is -2.04. The maximum Gasteiger partial charge on any atom is 0.247 e. The van der Waals surface area contributed by atoms with E-state index < -0.39 is 0 Å². The number of nitrogen functional groups attached to an aromatic ring is 1. The zero-order valence-corrected chi connectivity index (χ0v) is 11.5. The molecule has 1 aromatic rings. The Morgan fingerprint density at radius 1 is 1.61 bits per heavy atom. The fraction of sp³-hybridized carbons (Fsp3) is 0.333. The SMILES string of the molecule is Nc1ncc(CCCNC(=O)C2=CC(Br)=CC2)[nH]1. The smallest absolute Gasteiger partial charge is 0.247 e. The van der Waals surface area contributed by atoms with Crippen molar-refractivity contribution in [2.75, 3.05) is 12.3 Å². The fourth-order valence-corrected chi connectivity index (χ4v) is 2.19. The molecule has 1 aliphatic carbocycles. The van der Waals surface area contributed by atoms with E-state index in [4.69, 9.17) is 5.73 Å². The minimum absolute atomic E-state index is 0.00447. The van der Waals surface area contributed by atoms with Crippen LogP contribution in [0.15, 0.2) is 28.4 Å². The number of aromatic nitrogens is 2. The summed E-state index contributed by atoms with van der Waals surface area (Å²) in [6.45, 7) is 0.646. The Kier molecular flexibility index (Phi) is 4.19. The number of rotatable bonds is 5. The maximum absolute atomic E-state index is 11.7. The lowest BCUT2D eigenvalue weighted by atomic mass is 10.2. The Labute approximate surface area is 114 Å². The molecule has 0 radical (unpaired) electrons. The van der Waals surface area contributed by atoms with Gasteiger partial charge in [-0.05, 0) is 25.3 Å². The highest BCUT2D eigenvalue weighted by Crippen LogP contribution is 2.21. The van der Waals surface area contributed by atoms with Crippen LogP contribution < -0.4 is 11.1 Å². The molecule has 1 aromatic heterocycles. The van der Waals surface area contributed by atoms with Gasteiger partial charge in [-0.2, -0.15) is 0 Å². The van der Waals surface area contributed by atoms with E-state index in [0.717, 1.165) is 28.6 Å². The van der Waals surface area contributed by atoms with Crippen LogP contribution in [-0.2, 0) is 11.2 Å². The second kappa shape index (κ2) is 5.86. The monoisotopic (exact) mass is 310 g/mol. The zero-order chi connectivity index (χ0) is 13.0. The summed E-state index contributed by atoms with van der Waals surface area (Å²) in [7, 11) is 0. The molecular weight excluding hydrogens is 296 g/mol. The van der Waals surface area contributed by atoms with Crippen molar-refractivity contribution in [3.63, 3.8) is 0 Å². The van der Waals surface area contributed by atoms with Gasteiger partial charge in [-0.1, -0.05) is 22.0 Å².